The van der Waals surface area contributed by atoms with Crippen LogP contribution in [0.5, 0.6) is 11.5 Å². The highest BCUT2D eigenvalue weighted by molar-refractivity contribution is 7.99. The molecule has 1 unspecified atom stereocenters. The van der Waals surface area contributed by atoms with Gasteiger partial charge in [0.05, 0.1) is 17.4 Å². The Kier molecular flexibility index (Phi) is 7.95. The summed E-state index contributed by atoms with van der Waals surface area (Å²) in [5.74, 6) is 2.06. The monoisotopic (exact) mass is 498 g/mol. The van der Waals surface area contributed by atoms with Crippen molar-refractivity contribution in [1.82, 2.24) is 20.1 Å². The Labute approximate surface area is 209 Å². The van der Waals surface area contributed by atoms with Crippen molar-refractivity contribution < 1.29 is 18.7 Å². The van der Waals surface area contributed by atoms with Crippen molar-refractivity contribution in [1.29, 1.82) is 0 Å². The molecule has 0 spiro atoms. The summed E-state index contributed by atoms with van der Waals surface area (Å²) in [4.78, 5) is 13.0. The number of halogens is 1. The lowest BCUT2D eigenvalue weighted by molar-refractivity contribution is -0.119. The van der Waals surface area contributed by atoms with Crippen molar-refractivity contribution in [3.05, 3.63) is 53.8 Å². The zero-order valence-corrected chi connectivity index (χ0v) is 21.3. The third-order valence-electron chi connectivity index (χ3n) is 5.62. The maximum atomic E-state index is 14.4. The van der Waals surface area contributed by atoms with Crippen LogP contribution in [-0.2, 0) is 11.3 Å². The maximum absolute atomic E-state index is 14.4. The van der Waals surface area contributed by atoms with Crippen molar-refractivity contribution >= 4 is 17.7 Å². The Hall–Kier alpha value is -3.07. The number of carbonyl (C=O) groups excluding carboxylic acids is 1. The molecule has 2 aromatic carbocycles. The Morgan fingerprint density at radius 3 is 2.54 bits per heavy atom. The zero-order valence-electron chi connectivity index (χ0n) is 20.5. The fraction of sp³-hybridized carbons (Fsp3) is 0.423. The van der Waals surface area contributed by atoms with Gasteiger partial charge in [0.2, 0.25) is 5.91 Å². The van der Waals surface area contributed by atoms with Gasteiger partial charge in [0.1, 0.15) is 19.0 Å². The highest BCUT2D eigenvalue weighted by Gasteiger charge is 2.23. The van der Waals surface area contributed by atoms with Crippen molar-refractivity contribution in [2.24, 2.45) is 11.8 Å². The minimum atomic E-state index is -0.349. The molecule has 1 aromatic heterocycles. The van der Waals surface area contributed by atoms with Crippen LogP contribution in [0.4, 0.5) is 4.39 Å². The summed E-state index contributed by atoms with van der Waals surface area (Å²) in [5, 5.41) is 12.3. The number of aromatic nitrogens is 3. The summed E-state index contributed by atoms with van der Waals surface area (Å²) < 4.78 is 27.6. The van der Waals surface area contributed by atoms with E-state index in [2.05, 4.69) is 43.2 Å². The third kappa shape index (κ3) is 5.96. The number of benzene rings is 2. The van der Waals surface area contributed by atoms with Crippen LogP contribution in [0.3, 0.4) is 0 Å². The van der Waals surface area contributed by atoms with Gasteiger partial charge >= 0.3 is 0 Å². The molecule has 1 N–H and O–H groups in total. The molecule has 4 rings (SSSR count). The summed E-state index contributed by atoms with van der Waals surface area (Å²) in [6.45, 7) is 9.95. The first-order valence-corrected chi connectivity index (χ1v) is 12.8. The van der Waals surface area contributed by atoms with Crippen LogP contribution in [0, 0.1) is 17.7 Å². The largest absolute Gasteiger partial charge is 0.486 e. The first-order chi connectivity index (χ1) is 16.8. The van der Waals surface area contributed by atoms with Gasteiger partial charge in [-0.2, -0.15) is 0 Å². The molecule has 0 aliphatic carbocycles. The summed E-state index contributed by atoms with van der Waals surface area (Å²) in [6, 6.07) is 12.1. The van der Waals surface area contributed by atoms with E-state index in [-0.39, 0.29) is 29.4 Å². The van der Waals surface area contributed by atoms with Crippen molar-refractivity contribution in [3.63, 3.8) is 0 Å². The molecule has 2 heterocycles. The van der Waals surface area contributed by atoms with Crippen molar-refractivity contribution in [2.75, 3.05) is 19.0 Å². The van der Waals surface area contributed by atoms with Crippen molar-refractivity contribution in [2.45, 2.75) is 45.4 Å². The molecular formula is C26H31FN4O3S. The molecule has 0 radical (unpaired) electrons. The second-order valence-electron chi connectivity index (χ2n) is 9.27. The van der Waals surface area contributed by atoms with E-state index in [0.29, 0.717) is 48.0 Å². The second-order valence-corrected chi connectivity index (χ2v) is 10.2. The first kappa shape index (κ1) is 25.0. The Bertz CT molecular complexity index is 1180. The van der Waals surface area contributed by atoms with Gasteiger partial charge in [-0.3, -0.25) is 4.79 Å². The minimum Gasteiger partial charge on any atom is -0.486 e. The summed E-state index contributed by atoms with van der Waals surface area (Å²) in [5.41, 5.74) is 1.36. The van der Waals surface area contributed by atoms with Gasteiger partial charge in [-0.15, -0.1) is 10.2 Å². The Balaban J connectivity index is 1.48. The number of carbonyl (C=O) groups is 1. The van der Waals surface area contributed by atoms with Crippen LogP contribution in [0.15, 0.2) is 47.6 Å². The number of thioether (sulfide) groups is 1. The SMILES string of the molecule is CC(C)Cn1c(SCC(=O)NC(c2ccc3c(c2)OCCO3)C(C)C)nnc1-c1ccccc1F. The molecule has 35 heavy (non-hydrogen) atoms. The topological polar surface area (TPSA) is 78.3 Å². The number of hydrogen-bond acceptors (Lipinski definition) is 6. The highest BCUT2D eigenvalue weighted by atomic mass is 32.2. The molecule has 3 aromatic rings. The van der Waals surface area contributed by atoms with Gasteiger partial charge < -0.3 is 19.4 Å². The Morgan fingerprint density at radius 1 is 1.09 bits per heavy atom. The predicted octanol–water partition coefficient (Wildman–Crippen LogP) is 5.12. The summed E-state index contributed by atoms with van der Waals surface area (Å²) in [6.07, 6.45) is 0. The van der Waals surface area contributed by atoms with Crippen LogP contribution < -0.4 is 14.8 Å². The average molecular weight is 499 g/mol. The van der Waals surface area contributed by atoms with Crippen LogP contribution in [0.2, 0.25) is 0 Å². The number of nitrogens with one attached hydrogen (secondary N) is 1. The molecule has 7 nitrogen and oxygen atoms in total. The molecule has 1 aliphatic rings. The number of hydrogen-bond donors (Lipinski definition) is 1. The van der Waals surface area contributed by atoms with Crippen LogP contribution in [0.1, 0.15) is 39.3 Å². The Morgan fingerprint density at radius 2 is 1.83 bits per heavy atom. The molecule has 186 valence electrons. The number of nitrogens with zero attached hydrogens (tertiary/aromatic N) is 3. The fourth-order valence-corrected chi connectivity index (χ4v) is 4.76. The van der Waals surface area contributed by atoms with Gasteiger partial charge in [0, 0.05) is 6.54 Å². The number of amides is 1. The van der Waals surface area contributed by atoms with E-state index in [4.69, 9.17) is 9.47 Å². The minimum absolute atomic E-state index is 0.116. The van der Waals surface area contributed by atoms with E-state index in [1.54, 1.807) is 18.2 Å². The molecular weight excluding hydrogens is 467 g/mol. The number of rotatable bonds is 9. The van der Waals surface area contributed by atoms with Crippen molar-refractivity contribution in [3.8, 4) is 22.9 Å². The van der Waals surface area contributed by atoms with Crippen LogP contribution >= 0.6 is 11.8 Å². The van der Waals surface area contributed by atoms with E-state index in [1.165, 1.54) is 17.8 Å². The maximum Gasteiger partial charge on any atom is 0.230 e. The molecule has 1 aliphatic heterocycles. The second kappa shape index (κ2) is 11.1. The van der Waals surface area contributed by atoms with Gasteiger partial charge in [0.15, 0.2) is 22.5 Å². The van der Waals surface area contributed by atoms with Gasteiger partial charge in [-0.05, 0) is 41.7 Å². The van der Waals surface area contributed by atoms with Crippen LogP contribution in [0.25, 0.3) is 11.4 Å². The molecule has 0 bridgehead atoms. The average Bonchev–Trinajstić information content (AvgIpc) is 3.22. The molecule has 1 amide bonds. The quantitative estimate of drug-likeness (QED) is 0.413. The lowest BCUT2D eigenvalue weighted by Gasteiger charge is -2.25. The third-order valence-corrected chi connectivity index (χ3v) is 6.59. The standard InChI is InChI=1S/C26H31FN4O3S/c1-16(2)14-31-25(19-7-5-6-8-20(19)27)29-30-26(31)35-15-23(32)28-24(17(3)4)18-9-10-21-22(13-18)34-12-11-33-21/h5-10,13,16-17,24H,11-12,14-15H2,1-4H3,(H,28,32). The highest BCUT2D eigenvalue weighted by Crippen LogP contribution is 2.34. The van der Waals surface area contributed by atoms with Gasteiger partial charge in [-0.1, -0.05) is 57.7 Å². The fourth-order valence-electron chi connectivity index (χ4n) is 4.00. The molecule has 1 atom stereocenters. The predicted molar refractivity (Wildman–Crippen MR) is 134 cm³/mol. The summed E-state index contributed by atoms with van der Waals surface area (Å²) in [7, 11) is 0. The number of ether oxygens (including phenoxy) is 2. The van der Waals surface area contributed by atoms with E-state index in [1.807, 2.05) is 22.8 Å². The van der Waals surface area contributed by atoms with Gasteiger partial charge in [0.25, 0.3) is 0 Å². The molecule has 0 saturated heterocycles. The first-order valence-electron chi connectivity index (χ1n) is 11.8. The molecule has 9 heteroatoms. The van der Waals surface area contributed by atoms with E-state index in [0.717, 1.165) is 11.3 Å². The smallest absolute Gasteiger partial charge is 0.230 e. The van der Waals surface area contributed by atoms with Crippen LogP contribution in [-0.4, -0.2) is 39.6 Å². The molecule has 0 fully saturated rings. The molecule has 0 saturated carbocycles. The zero-order chi connectivity index (χ0) is 24.9. The van der Waals surface area contributed by atoms with Gasteiger partial charge in [-0.25, -0.2) is 4.39 Å². The summed E-state index contributed by atoms with van der Waals surface area (Å²) >= 11 is 1.30. The van der Waals surface area contributed by atoms with E-state index in [9.17, 15) is 9.18 Å². The van der Waals surface area contributed by atoms with E-state index >= 15 is 0 Å². The van der Waals surface area contributed by atoms with E-state index < -0.39 is 0 Å². The lowest BCUT2D eigenvalue weighted by Crippen LogP contribution is -2.33. The normalized spacial score (nSPS) is 13.8. The lowest BCUT2D eigenvalue weighted by atomic mass is 9.95. The number of fused-ring (bicyclic) bond motifs is 1.